The summed E-state index contributed by atoms with van der Waals surface area (Å²) in [6.07, 6.45) is 0.960. The van der Waals surface area contributed by atoms with Gasteiger partial charge in [-0.15, -0.1) is 0 Å². The molecule has 3 rings (SSSR count). The van der Waals surface area contributed by atoms with E-state index < -0.39 is 28.5 Å². The van der Waals surface area contributed by atoms with Crippen LogP contribution in [0.2, 0.25) is 10.0 Å². The normalized spacial score (nSPS) is 11.9. The van der Waals surface area contributed by atoms with Crippen molar-refractivity contribution in [2.45, 2.75) is 51.1 Å². The van der Waals surface area contributed by atoms with Gasteiger partial charge in [0.2, 0.25) is 11.8 Å². The van der Waals surface area contributed by atoms with E-state index in [4.69, 9.17) is 32.7 Å². The molecule has 0 bridgehead atoms. The third-order valence-electron chi connectivity index (χ3n) is 6.87. The maximum absolute atomic E-state index is 14.3. The molecule has 0 aliphatic heterocycles. The number of amides is 2. The standard InChI is InChI=1S/C31H37Cl2N3O6S/c1-6-17-34-31(38)27(7-2)35(19-24-25(32)9-8-10-26(24)33)30(37)20-36(28-18-22(41-4)13-16-29(28)42-5)43(39,40)23-14-11-21(3)12-15-23/h8-16,18,27H,6-7,17,19-20H2,1-5H3,(H,34,38)/t27-/m0/s1. The Morgan fingerprint density at radius 3 is 2.16 bits per heavy atom. The van der Waals surface area contributed by atoms with Gasteiger partial charge in [-0.3, -0.25) is 13.9 Å². The highest BCUT2D eigenvalue weighted by Crippen LogP contribution is 2.36. The molecular weight excluding hydrogens is 613 g/mol. The van der Waals surface area contributed by atoms with Gasteiger partial charge in [-0.2, -0.15) is 0 Å². The molecule has 0 fully saturated rings. The van der Waals surface area contributed by atoms with Gasteiger partial charge in [0.25, 0.3) is 10.0 Å². The minimum absolute atomic E-state index is 0.0239. The molecule has 43 heavy (non-hydrogen) atoms. The Morgan fingerprint density at radius 1 is 0.953 bits per heavy atom. The van der Waals surface area contributed by atoms with Crippen LogP contribution in [0.3, 0.4) is 0 Å². The van der Waals surface area contributed by atoms with Crippen LogP contribution in [0.5, 0.6) is 11.5 Å². The summed E-state index contributed by atoms with van der Waals surface area (Å²) in [6, 6.07) is 15.0. The Labute approximate surface area is 263 Å². The highest BCUT2D eigenvalue weighted by Gasteiger charge is 2.35. The first-order chi connectivity index (χ1) is 20.5. The average molecular weight is 651 g/mol. The van der Waals surface area contributed by atoms with Gasteiger partial charge in [0.15, 0.2) is 0 Å². The zero-order valence-electron chi connectivity index (χ0n) is 24.9. The lowest BCUT2D eigenvalue weighted by Crippen LogP contribution is -2.52. The number of carbonyl (C=O) groups is 2. The second-order valence-electron chi connectivity index (χ2n) is 9.80. The van der Waals surface area contributed by atoms with Crippen molar-refractivity contribution in [2.24, 2.45) is 0 Å². The lowest BCUT2D eigenvalue weighted by molar-refractivity contribution is -0.140. The molecule has 0 radical (unpaired) electrons. The van der Waals surface area contributed by atoms with Crippen LogP contribution in [0.4, 0.5) is 5.69 Å². The number of nitrogens with one attached hydrogen (secondary N) is 1. The molecule has 12 heteroatoms. The van der Waals surface area contributed by atoms with Crippen LogP contribution in [0.15, 0.2) is 65.6 Å². The molecule has 3 aromatic rings. The molecule has 0 aliphatic carbocycles. The van der Waals surface area contributed by atoms with E-state index >= 15 is 0 Å². The van der Waals surface area contributed by atoms with E-state index in [1.165, 1.54) is 37.3 Å². The summed E-state index contributed by atoms with van der Waals surface area (Å²) in [5.41, 5.74) is 1.40. The highest BCUT2D eigenvalue weighted by molar-refractivity contribution is 7.92. The molecule has 0 heterocycles. The van der Waals surface area contributed by atoms with E-state index in [1.54, 1.807) is 49.4 Å². The first-order valence-corrected chi connectivity index (χ1v) is 16.0. The van der Waals surface area contributed by atoms with E-state index in [-0.39, 0.29) is 35.2 Å². The van der Waals surface area contributed by atoms with Crippen LogP contribution in [0.1, 0.15) is 37.8 Å². The number of sulfonamides is 1. The van der Waals surface area contributed by atoms with Gasteiger partial charge in [-0.1, -0.05) is 60.8 Å². The number of benzene rings is 3. The van der Waals surface area contributed by atoms with Crippen LogP contribution in [0, 0.1) is 6.92 Å². The predicted molar refractivity (Wildman–Crippen MR) is 170 cm³/mol. The number of nitrogens with zero attached hydrogens (tertiary/aromatic N) is 2. The van der Waals surface area contributed by atoms with Crippen LogP contribution in [0.25, 0.3) is 0 Å². The molecule has 2 amide bonds. The number of methoxy groups -OCH3 is 2. The molecule has 0 aromatic heterocycles. The number of hydrogen-bond acceptors (Lipinski definition) is 6. The maximum Gasteiger partial charge on any atom is 0.264 e. The molecule has 0 aliphatic rings. The Bertz CT molecular complexity index is 1510. The fraction of sp³-hybridized carbons (Fsp3) is 0.355. The van der Waals surface area contributed by atoms with Crippen molar-refractivity contribution >= 4 is 50.7 Å². The Balaban J connectivity index is 2.18. The third kappa shape index (κ3) is 8.13. The smallest absolute Gasteiger partial charge is 0.264 e. The molecule has 0 spiro atoms. The van der Waals surface area contributed by atoms with Crippen LogP contribution in [-0.2, 0) is 26.2 Å². The van der Waals surface area contributed by atoms with Gasteiger partial charge in [-0.05, 0) is 56.2 Å². The molecular formula is C31H37Cl2N3O6S. The summed E-state index contributed by atoms with van der Waals surface area (Å²) in [5.74, 6) is -0.446. The highest BCUT2D eigenvalue weighted by atomic mass is 35.5. The number of rotatable bonds is 14. The van der Waals surface area contributed by atoms with E-state index in [2.05, 4.69) is 5.32 Å². The summed E-state index contributed by atoms with van der Waals surface area (Å²) >= 11 is 12.9. The summed E-state index contributed by atoms with van der Waals surface area (Å²) in [4.78, 5) is 28.9. The molecule has 9 nitrogen and oxygen atoms in total. The fourth-order valence-electron chi connectivity index (χ4n) is 4.48. The summed E-state index contributed by atoms with van der Waals surface area (Å²) in [7, 11) is -1.46. The Hall–Kier alpha value is -3.47. The molecule has 232 valence electrons. The topological polar surface area (TPSA) is 105 Å². The van der Waals surface area contributed by atoms with Gasteiger partial charge >= 0.3 is 0 Å². The number of ether oxygens (including phenoxy) is 2. The zero-order chi connectivity index (χ0) is 31.7. The largest absolute Gasteiger partial charge is 0.497 e. The second kappa shape index (κ2) is 15.3. The number of halogens is 2. The van der Waals surface area contributed by atoms with Gasteiger partial charge in [0, 0.05) is 34.8 Å². The Morgan fingerprint density at radius 2 is 1.60 bits per heavy atom. The van der Waals surface area contributed by atoms with E-state index in [0.29, 0.717) is 34.3 Å². The van der Waals surface area contributed by atoms with Crippen molar-refractivity contribution in [3.05, 3.63) is 81.8 Å². The van der Waals surface area contributed by atoms with Crippen LogP contribution in [-0.4, -0.2) is 58.5 Å². The second-order valence-corrected chi connectivity index (χ2v) is 12.5. The number of hydrogen-bond donors (Lipinski definition) is 1. The fourth-order valence-corrected chi connectivity index (χ4v) is 6.42. The van der Waals surface area contributed by atoms with Crippen molar-refractivity contribution in [1.29, 1.82) is 0 Å². The monoisotopic (exact) mass is 649 g/mol. The number of anilines is 1. The van der Waals surface area contributed by atoms with Gasteiger partial charge in [-0.25, -0.2) is 8.42 Å². The van der Waals surface area contributed by atoms with Crippen molar-refractivity contribution in [3.8, 4) is 11.5 Å². The van der Waals surface area contributed by atoms with Crippen molar-refractivity contribution in [3.63, 3.8) is 0 Å². The van der Waals surface area contributed by atoms with Crippen molar-refractivity contribution < 1.29 is 27.5 Å². The Kier molecular flexibility index (Phi) is 12.1. The lowest BCUT2D eigenvalue weighted by atomic mass is 10.1. The summed E-state index contributed by atoms with van der Waals surface area (Å²) in [6.45, 7) is 5.18. The van der Waals surface area contributed by atoms with E-state index in [0.717, 1.165) is 9.87 Å². The summed E-state index contributed by atoms with van der Waals surface area (Å²) in [5, 5.41) is 3.47. The third-order valence-corrected chi connectivity index (χ3v) is 9.35. The minimum atomic E-state index is -4.32. The van der Waals surface area contributed by atoms with Gasteiger partial charge < -0.3 is 19.7 Å². The lowest BCUT2D eigenvalue weighted by Gasteiger charge is -2.34. The molecule has 0 saturated carbocycles. The minimum Gasteiger partial charge on any atom is -0.497 e. The number of carbonyl (C=O) groups excluding carboxylic acids is 2. The quantitative estimate of drug-likeness (QED) is 0.235. The van der Waals surface area contributed by atoms with E-state index in [1.807, 2.05) is 13.8 Å². The van der Waals surface area contributed by atoms with Crippen molar-refractivity contribution in [2.75, 3.05) is 31.6 Å². The molecule has 0 unspecified atom stereocenters. The van der Waals surface area contributed by atoms with Gasteiger partial charge in [0.1, 0.15) is 24.1 Å². The van der Waals surface area contributed by atoms with E-state index in [9.17, 15) is 18.0 Å². The average Bonchev–Trinajstić information content (AvgIpc) is 2.99. The molecule has 1 atom stereocenters. The predicted octanol–water partition coefficient (Wildman–Crippen LogP) is 5.85. The van der Waals surface area contributed by atoms with Crippen LogP contribution < -0.4 is 19.1 Å². The molecule has 0 saturated heterocycles. The molecule has 3 aromatic carbocycles. The SMILES string of the molecule is CCCNC(=O)[C@H](CC)N(Cc1c(Cl)cccc1Cl)C(=O)CN(c1cc(OC)ccc1OC)S(=O)(=O)c1ccc(C)cc1. The zero-order valence-corrected chi connectivity index (χ0v) is 27.2. The summed E-state index contributed by atoms with van der Waals surface area (Å²) < 4.78 is 40.2. The van der Waals surface area contributed by atoms with Crippen LogP contribution >= 0.6 is 23.2 Å². The maximum atomic E-state index is 14.3. The first-order valence-electron chi connectivity index (χ1n) is 13.8. The first kappa shape index (κ1) is 34.0. The van der Waals surface area contributed by atoms with Gasteiger partial charge in [0.05, 0.1) is 24.8 Å². The molecule has 1 N–H and O–H groups in total. The number of aryl methyl sites for hydroxylation is 1. The van der Waals surface area contributed by atoms with Crippen molar-refractivity contribution in [1.82, 2.24) is 10.2 Å².